The molecule has 0 saturated carbocycles. The fourth-order valence-corrected chi connectivity index (χ4v) is 4.71. The molecular weight excluding hydrogens is 422 g/mol. The van der Waals surface area contributed by atoms with E-state index in [0.29, 0.717) is 6.54 Å². The van der Waals surface area contributed by atoms with E-state index in [1.165, 1.54) is 11.3 Å². The number of hydrogen-bond donors (Lipinski definition) is 1. The molecule has 1 amide bonds. The lowest BCUT2D eigenvalue weighted by Gasteiger charge is -2.32. The number of rotatable bonds is 7. The second-order valence-electron chi connectivity index (χ2n) is 9.04. The van der Waals surface area contributed by atoms with Crippen molar-refractivity contribution in [1.29, 1.82) is 0 Å². The van der Waals surface area contributed by atoms with E-state index in [4.69, 9.17) is 0 Å². The van der Waals surface area contributed by atoms with E-state index >= 15 is 0 Å². The van der Waals surface area contributed by atoms with Gasteiger partial charge in [-0.2, -0.15) is 0 Å². The van der Waals surface area contributed by atoms with Crippen molar-refractivity contribution in [3.8, 4) is 11.3 Å². The van der Waals surface area contributed by atoms with Gasteiger partial charge in [0.15, 0.2) is 5.82 Å². The van der Waals surface area contributed by atoms with Crippen molar-refractivity contribution in [3.63, 3.8) is 0 Å². The highest BCUT2D eigenvalue weighted by Gasteiger charge is 2.27. The van der Waals surface area contributed by atoms with E-state index in [9.17, 15) is 4.79 Å². The lowest BCUT2D eigenvalue weighted by molar-refractivity contribution is -0.120. The van der Waals surface area contributed by atoms with E-state index in [2.05, 4.69) is 77.3 Å². The largest absolute Gasteiger partial charge is 0.372 e. The molecular formula is C28H35N5O. The van der Waals surface area contributed by atoms with Gasteiger partial charge >= 0.3 is 0 Å². The van der Waals surface area contributed by atoms with Crippen molar-refractivity contribution in [3.05, 3.63) is 65.7 Å². The first kappa shape index (κ1) is 23.7. The van der Waals surface area contributed by atoms with Crippen molar-refractivity contribution < 1.29 is 4.79 Å². The Bertz CT molecular complexity index is 1120. The maximum absolute atomic E-state index is 13.1. The highest BCUT2D eigenvalue weighted by atomic mass is 16.1. The zero-order chi connectivity index (χ0) is 24.1. The number of nitrogens with one attached hydrogen (secondary N) is 1. The molecule has 2 heterocycles. The average Bonchev–Trinajstić information content (AvgIpc) is 2.87. The summed E-state index contributed by atoms with van der Waals surface area (Å²) in [6.45, 7) is 11.9. The molecule has 0 radical (unpaired) electrons. The van der Waals surface area contributed by atoms with Gasteiger partial charge in [0.25, 0.3) is 0 Å². The fourth-order valence-electron chi connectivity index (χ4n) is 4.71. The summed E-state index contributed by atoms with van der Waals surface area (Å²) in [6, 6.07) is 18.5. The Morgan fingerprint density at radius 3 is 2.50 bits per heavy atom. The molecule has 1 aliphatic rings. The first-order chi connectivity index (χ1) is 16.5. The highest BCUT2D eigenvalue weighted by Crippen LogP contribution is 2.27. The minimum Gasteiger partial charge on any atom is -0.372 e. The van der Waals surface area contributed by atoms with Crippen LogP contribution in [0, 0.1) is 19.8 Å². The minimum atomic E-state index is -0.0755. The summed E-state index contributed by atoms with van der Waals surface area (Å²) >= 11 is 0. The van der Waals surface area contributed by atoms with E-state index < -0.39 is 0 Å². The number of nitrogens with zero attached hydrogens (tertiary/aromatic N) is 4. The molecule has 6 nitrogen and oxygen atoms in total. The van der Waals surface area contributed by atoms with Crippen LogP contribution in [0.5, 0.6) is 0 Å². The Morgan fingerprint density at radius 2 is 1.82 bits per heavy atom. The molecule has 1 N–H and O–H groups in total. The van der Waals surface area contributed by atoms with Gasteiger partial charge in [0.1, 0.15) is 0 Å². The molecule has 1 unspecified atom stereocenters. The van der Waals surface area contributed by atoms with Gasteiger partial charge in [-0.25, -0.2) is 0 Å². The number of carbonyl (C=O) groups is 1. The molecule has 4 rings (SSSR count). The minimum absolute atomic E-state index is 0.0755. The third-order valence-corrected chi connectivity index (χ3v) is 6.78. The van der Waals surface area contributed by atoms with Crippen molar-refractivity contribution in [1.82, 2.24) is 10.2 Å². The normalized spacial score (nSPS) is 15.8. The Hall–Kier alpha value is -3.41. The van der Waals surface area contributed by atoms with Gasteiger partial charge in [0.2, 0.25) is 5.91 Å². The number of aromatic nitrogens is 2. The number of anilines is 3. The fraction of sp³-hybridized carbons (Fsp3) is 0.393. The van der Waals surface area contributed by atoms with Gasteiger partial charge in [0.05, 0.1) is 11.6 Å². The van der Waals surface area contributed by atoms with Crippen LogP contribution in [0.4, 0.5) is 17.2 Å². The second kappa shape index (κ2) is 10.7. The molecule has 34 heavy (non-hydrogen) atoms. The SMILES string of the molecule is CCN(CC)c1ccc(NC(=O)C2CCCN(c3ccc(-c4ccccc4C)nn3)C2)c(C)c1. The van der Waals surface area contributed by atoms with Crippen molar-refractivity contribution in [2.45, 2.75) is 40.5 Å². The van der Waals surface area contributed by atoms with Crippen LogP contribution >= 0.6 is 0 Å². The standard InChI is InChI=1S/C28H35N5O/c1-5-32(6-2)23-13-14-25(21(4)18-23)29-28(34)22-11-9-17-33(19-22)27-16-15-26(30-31-27)24-12-8-7-10-20(24)3/h7-8,10,12-16,18,22H,5-6,9,11,17,19H2,1-4H3,(H,29,34). The summed E-state index contributed by atoms with van der Waals surface area (Å²) in [6.07, 6.45) is 1.84. The van der Waals surface area contributed by atoms with E-state index in [1.807, 2.05) is 30.3 Å². The monoisotopic (exact) mass is 457 g/mol. The van der Waals surface area contributed by atoms with Crippen LogP contribution in [0.15, 0.2) is 54.6 Å². The molecule has 6 heteroatoms. The quantitative estimate of drug-likeness (QED) is 0.510. The summed E-state index contributed by atoms with van der Waals surface area (Å²) < 4.78 is 0. The number of aryl methyl sites for hydroxylation is 2. The molecule has 3 aromatic rings. The molecule has 2 aromatic carbocycles. The summed E-state index contributed by atoms with van der Waals surface area (Å²) in [7, 11) is 0. The number of carbonyl (C=O) groups excluding carboxylic acids is 1. The molecule has 0 spiro atoms. The van der Waals surface area contributed by atoms with Crippen LogP contribution in [-0.2, 0) is 4.79 Å². The maximum atomic E-state index is 13.1. The zero-order valence-corrected chi connectivity index (χ0v) is 20.7. The zero-order valence-electron chi connectivity index (χ0n) is 20.7. The number of hydrogen-bond acceptors (Lipinski definition) is 5. The Labute approximate surface area is 203 Å². The molecule has 0 bridgehead atoms. The predicted octanol–water partition coefficient (Wildman–Crippen LogP) is 5.46. The average molecular weight is 458 g/mol. The third-order valence-electron chi connectivity index (χ3n) is 6.78. The molecule has 178 valence electrons. The van der Waals surface area contributed by atoms with Crippen LogP contribution in [0.1, 0.15) is 37.8 Å². The number of benzene rings is 2. The van der Waals surface area contributed by atoms with Crippen molar-refractivity contribution in [2.75, 3.05) is 41.3 Å². The van der Waals surface area contributed by atoms with Gasteiger partial charge in [0, 0.05) is 43.1 Å². The van der Waals surface area contributed by atoms with Crippen LogP contribution in [0.2, 0.25) is 0 Å². The van der Waals surface area contributed by atoms with Crippen LogP contribution in [0.3, 0.4) is 0 Å². The van der Waals surface area contributed by atoms with E-state index in [0.717, 1.165) is 60.8 Å². The van der Waals surface area contributed by atoms with Gasteiger partial charge in [-0.05, 0) is 82.0 Å². The summed E-state index contributed by atoms with van der Waals surface area (Å²) in [5, 5.41) is 12.1. The topological polar surface area (TPSA) is 61.4 Å². The first-order valence-corrected chi connectivity index (χ1v) is 12.3. The maximum Gasteiger partial charge on any atom is 0.229 e. The number of piperidine rings is 1. The van der Waals surface area contributed by atoms with Crippen LogP contribution in [0.25, 0.3) is 11.3 Å². The van der Waals surface area contributed by atoms with Crippen molar-refractivity contribution >= 4 is 23.1 Å². The Morgan fingerprint density at radius 1 is 1.03 bits per heavy atom. The molecule has 1 fully saturated rings. The molecule has 1 aliphatic heterocycles. The van der Waals surface area contributed by atoms with Gasteiger partial charge in [-0.3, -0.25) is 4.79 Å². The lowest BCUT2D eigenvalue weighted by Crippen LogP contribution is -2.41. The highest BCUT2D eigenvalue weighted by molar-refractivity contribution is 5.94. The first-order valence-electron chi connectivity index (χ1n) is 12.3. The second-order valence-corrected chi connectivity index (χ2v) is 9.04. The molecule has 1 atom stereocenters. The predicted molar refractivity (Wildman–Crippen MR) is 141 cm³/mol. The third kappa shape index (κ3) is 5.22. The van der Waals surface area contributed by atoms with Gasteiger partial charge in [-0.1, -0.05) is 24.3 Å². The van der Waals surface area contributed by atoms with Crippen LogP contribution in [-0.4, -0.2) is 42.3 Å². The summed E-state index contributed by atoms with van der Waals surface area (Å²) in [5.41, 5.74) is 6.32. The number of amides is 1. The molecule has 1 saturated heterocycles. The Kier molecular flexibility index (Phi) is 7.46. The molecule has 1 aromatic heterocycles. The lowest BCUT2D eigenvalue weighted by atomic mass is 9.96. The van der Waals surface area contributed by atoms with Crippen molar-refractivity contribution in [2.24, 2.45) is 5.92 Å². The van der Waals surface area contributed by atoms with Gasteiger partial charge < -0.3 is 15.1 Å². The summed E-state index contributed by atoms with van der Waals surface area (Å²) in [5.74, 6) is 0.830. The smallest absolute Gasteiger partial charge is 0.229 e. The Balaban J connectivity index is 1.42. The molecule has 0 aliphatic carbocycles. The van der Waals surface area contributed by atoms with E-state index in [-0.39, 0.29) is 11.8 Å². The summed E-state index contributed by atoms with van der Waals surface area (Å²) in [4.78, 5) is 17.6. The van der Waals surface area contributed by atoms with Crippen LogP contribution < -0.4 is 15.1 Å². The van der Waals surface area contributed by atoms with Gasteiger partial charge in [-0.15, -0.1) is 10.2 Å². The van der Waals surface area contributed by atoms with E-state index in [1.54, 1.807) is 0 Å².